The first kappa shape index (κ1) is 33.3. The van der Waals surface area contributed by atoms with Crippen LogP contribution in [-0.2, 0) is 14.4 Å². The highest BCUT2D eigenvalue weighted by molar-refractivity contribution is 5.97. The molecule has 11 N–H and O–H groups in total. The number of benzene rings is 1. The number of aromatic amines is 1. The fourth-order valence-corrected chi connectivity index (χ4v) is 4.03. The Bertz CT molecular complexity index is 1310. The van der Waals surface area contributed by atoms with Crippen molar-refractivity contribution in [2.45, 2.75) is 51.2 Å². The van der Waals surface area contributed by atoms with Gasteiger partial charge in [-0.15, -0.1) is 0 Å². The standard InChI is InChI=1S/C20H25N7O6.C6H13NO2/c1-27-12(9-23-16-15(27)18(31)26-20(21)25-16)8-22-11-4-2-10(3-5-11)17(30)24-13(19(32)33)6-7-14(28)29;1-4(2)3-5(7)6(8)9/h2-5,12-13,22H,6-9H2,1H3,(H,24,30)(H,28,29)(H,32,33)(H4,21,23,25,26,31);4-5H,3,7H2,1-2H3,(H,8,9)/t12-,13?;/m0./s1. The van der Waals surface area contributed by atoms with Crippen molar-refractivity contribution in [3.63, 3.8) is 0 Å². The molecule has 0 bridgehead atoms. The lowest BCUT2D eigenvalue weighted by atomic mass is 10.1. The molecule has 1 aliphatic heterocycles. The summed E-state index contributed by atoms with van der Waals surface area (Å²) >= 11 is 0. The molecule has 3 rings (SSSR count). The number of carbonyl (C=O) groups is 4. The number of hydrogen-bond donors (Lipinski definition) is 9. The molecule has 16 heteroatoms. The number of fused-ring (bicyclic) bond motifs is 1. The maximum absolute atomic E-state index is 12.3. The summed E-state index contributed by atoms with van der Waals surface area (Å²) in [5, 5.41) is 34.9. The second-order valence-corrected chi connectivity index (χ2v) is 10.1. The molecule has 0 fully saturated rings. The molecule has 2 unspecified atom stereocenters. The van der Waals surface area contributed by atoms with Gasteiger partial charge in [-0.05, 0) is 43.0 Å². The summed E-state index contributed by atoms with van der Waals surface area (Å²) in [4.78, 5) is 65.0. The molecule has 3 atom stereocenters. The van der Waals surface area contributed by atoms with E-state index in [4.69, 9.17) is 21.7 Å². The highest BCUT2D eigenvalue weighted by atomic mass is 16.4. The number of hydrogen-bond acceptors (Lipinski definition) is 11. The van der Waals surface area contributed by atoms with E-state index in [-0.39, 0.29) is 36.0 Å². The van der Waals surface area contributed by atoms with Crippen LogP contribution < -0.4 is 37.9 Å². The second kappa shape index (κ2) is 15.2. The minimum Gasteiger partial charge on any atom is -0.481 e. The maximum Gasteiger partial charge on any atom is 0.326 e. The topological polar surface area (TPSA) is 266 Å². The number of anilines is 4. The van der Waals surface area contributed by atoms with Gasteiger partial charge in [0.2, 0.25) is 5.95 Å². The van der Waals surface area contributed by atoms with Gasteiger partial charge in [0.05, 0.1) is 6.04 Å². The first-order valence-corrected chi connectivity index (χ1v) is 13.1. The minimum absolute atomic E-state index is 0.0388. The van der Waals surface area contributed by atoms with Crippen LogP contribution in [0.5, 0.6) is 0 Å². The van der Waals surface area contributed by atoms with E-state index >= 15 is 0 Å². The number of H-pyrrole nitrogens is 1. The predicted octanol–water partition coefficient (Wildman–Crippen LogP) is 0.187. The fraction of sp³-hybridized carbons (Fsp3) is 0.462. The Labute approximate surface area is 241 Å². The third-order valence-electron chi connectivity index (χ3n) is 6.30. The maximum atomic E-state index is 12.3. The number of nitrogens with one attached hydrogen (secondary N) is 4. The van der Waals surface area contributed by atoms with Crippen LogP contribution in [0.25, 0.3) is 0 Å². The zero-order valence-electron chi connectivity index (χ0n) is 23.6. The normalized spacial score (nSPS) is 15.3. The van der Waals surface area contributed by atoms with E-state index in [1.807, 2.05) is 18.7 Å². The second-order valence-electron chi connectivity index (χ2n) is 10.1. The van der Waals surface area contributed by atoms with Gasteiger partial charge in [0.15, 0.2) is 5.82 Å². The summed E-state index contributed by atoms with van der Waals surface area (Å²) in [5.74, 6) is -3.15. The van der Waals surface area contributed by atoms with Crippen molar-refractivity contribution in [3.05, 3.63) is 40.2 Å². The molecule has 230 valence electrons. The molecule has 1 aliphatic rings. The monoisotopic (exact) mass is 590 g/mol. The molecule has 2 aromatic rings. The highest BCUT2D eigenvalue weighted by Crippen LogP contribution is 2.25. The lowest BCUT2D eigenvalue weighted by Crippen LogP contribution is -2.48. The third-order valence-corrected chi connectivity index (χ3v) is 6.30. The first-order valence-electron chi connectivity index (χ1n) is 13.1. The molecule has 2 heterocycles. The zero-order valence-corrected chi connectivity index (χ0v) is 23.6. The van der Waals surface area contributed by atoms with Crippen LogP contribution in [0, 0.1) is 5.92 Å². The van der Waals surface area contributed by atoms with Crippen molar-refractivity contribution >= 4 is 47.0 Å². The lowest BCUT2D eigenvalue weighted by Gasteiger charge is -2.35. The average Bonchev–Trinajstić information content (AvgIpc) is 2.90. The number of rotatable bonds is 12. The van der Waals surface area contributed by atoms with Crippen molar-refractivity contribution in [2.24, 2.45) is 11.7 Å². The number of carbonyl (C=O) groups excluding carboxylic acids is 1. The lowest BCUT2D eigenvalue weighted by molar-refractivity contribution is -0.141. The zero-order chi connectivity index (χ0) is 31.6. The summed E-state index contributed by atoms with van der Waals surface area (Å²) in [6.07, 6.45) is -0.0350. The molecule has 0 saturated heterocycles. The smallest absolute Gasteiger partial charge is 0.326 e. The molecule has 0 aliphatic carbocycles. The van der Waals surface area contributed by atoms with Crippen LogP contribution in [0.15, 0.2) is 29.1 Å². The number of nitrogens with zero attached hydrogens (tertiary/aromatic N) is 2. The molecule has 42 heavy (non-hydrogen) atoms. The number of carboxylic acids is 3. The van der Waals surface area contributed by atoms with Crippen LogP contribution in [0.3, 0.4) is 0 Å². The van der Waals surface area contributed by atoms with Gasteiger partial charge >= 0.3 is 17.9 Å². The Balaban J connectivity index is 0.000000592. The molecule has 0 saturated carbocycles. The number of aromatic nitrogens is 2. The summed E-state index contributed by atoms with van der Waals surface area (Å²) < 4.78 is 0. The number of amides is 1. The van der Waals surface area contributed by atoms with Crippen LogP contribution in [0.4, 0.5) is 23.1 Å². The van der Waals surface area contributed by atoms with E-state index in [1.54, 1.807) is 19.2 Å². The predicted molar refractivity (Wildman–Crippen MR) is 156 cm³/mol. The molecular weight excluding hydrogens is 552 g/mol. The largest absolute Gasteiger partial charge is 0.481 e. The molecular formula is C26H38N8O8. The van der Waals surface area contributed by atoms with Crippen molar-refractivity contribution < 1.29 is 34.5 Å². The number of likely N-dealkylation sites (N-methyl/N-ethyl adjacent to an activating group) is 1. The van der Waals surface area contributed by atoms with Gasteiger partial charge in [-0.25, -0.2) is 4.79 Å². The van der Waals surface area contributed by atoms with E-state index in [9.17, 15) is 29.1 Å². The molecule has 0 spiro atoms. The number of nitrogens with two attached hydrogens (primary N) is 2. The van der Waals surface area contributed by atoms with Gasteiger partial charge in [0.1, 0.15) is 17.8 Å². The molecule has 1 amide bonds. The molecule has 0 radical (unpaired) electrons. The van der Waals surface area contributed by atoms with Crippen LogP contribution >= 0.6 is 0 Å². The van der Waals surface area contributed by atoms with Crippen molar-refractivity contribution in [2.75, 3.05) is 41.4 Å². The molecule has 1 aromatic carbocycles. The highest BCUT2D eigenvalue weighted by Gasteiger charge is 2.27. The van der Waals surface area contributed by atoms with E-state index in [1.165, 1.54) is 12.1 Å². The van der Waals surface area contributed by atoms with Gasteiger partial charge in [0, 0.05) is 37.8 Å². The quantitative estimate of drug-likeness (QED) is 0.160. The van der Waals surface area contributed by atoms with Crippen molar-refractivity contribution in [1.82, 2.24) is 15.3 Å². The SMILES string of the molecule is CC(C)CC(N)C(=O)O.CN1c2c(nc(N)[nH]c2=O)NC[C@@H]1CNc1ccc(C(=O)NC(CCC(=O)O)C(=O)O)cc1. The number of nitrogen functional groups attached to an aromatic ring is 1. The van der Waals surface area contributed by atoms with Gasteiger partial charge in [-0.2, -0.15) is 4.98 Å². The fourth-order valence-electron chi connectivity index (χ4n) is 4.03. The summed E-state index contributed by atoms with van der Waals surface area (Å²) in [5.41, 5.74) is 11.8. The Morgan fingerprint density at radius 1 is 1.12 bits per heavy atom. The number of aliphatic carboxylic acids is 3. The third kappa shape index (κ3) is 9.96. The van der Waals surface area contributed by atoms with Gasteiger partial charge in [0.25, 0.3) is 11.5 Å². The Kier molecular flexibility index (Phi) is 12.1. The van der Waals surface area contributed by atoms with Crippen LogP contribution in [0.1, 0.15) is 43.5 Å². The van der Waals surface area contributed by atoms with Crippen LogP contribution in [-0.4, -0.2) is 87.4 Å². The number of carboxylic acid groups (broad SMARTS) is 3. The van der Waals surface area contributed by atoms with E-state index < -0.39 is 35.9 Å². The molecule has 16 nitrogen and oxygen atoms in total. The summed E-state index contributed by atoms with van der Waals surface area (Å²) in [6, 6.07) is 4.34. The summed E-state index contributed by atoms with van der Waals surface area (Å²) in [6.45, 7) is 4.90. The summed E-state index contributed by atoms with van der Waals surface area (Å²) in [7, 11) is 1.79. The van der Waals surface area contributed by atoms with E-state index in [0.29, 0.717) is 36.9 Å². The Morgan fingerprint density at radius 3 is 2.29 bits per heavy atom. The van der Waals surface area contributed by atoms with E-state index in [2.05, 4.69) is 25.9 Å². The van der Waals surface area contributed by atoms with Crippen LogP contribution in [0.2, 0.25) is 0 Å². The van der Waals surface area contributed by atoms with Crippen molar-refractivity contribution in [1.29, 1.82) is 0 Å². The van der Waals surface area contributed by atoms with Gasteiger partial charge < -0.3 is 47.6 Å². The van der Waals surface area contributed by atoms with E-state index in [0.717, 1.165) is 5.69 Å². The first-order chi connectivity index (χ1) is 19.7. The minimum atomic E-state index is -1.30. The Hall–Kier alpha value is -4.86. The van der Waals surface area contributed by atoms with Gasteiger partial charge in [-0.1, -0.05) is 13.8 Å². The van der Waals surface area contributed by atoms with Gasteiger partial charge in [-0.3, -0.25) is 24.2 Å². The average molecular weight is 591 g/mol. The Morgan fingerprint density at radius 2 is 1.76 bits per heavy atom. The molecule has 1 aromatic heterocycles. The van der Waals surface area contributed by atoms with Crippen molar-refractivity contribution in [3.8, 4) is 0 Å².